The summed E-state index contributed by atoms with van der Waals surface area (Å²) in [5, 5.41) is 3.25. The van der Waals surface area contributed by atoms with Crippen molar-refractivity contribution in [2.45, 2.75) is 20.3 Å². The molecule has 0 aliphatic carbocycles. The van der Waals surface area contributed by atoms with Gasteiger partial charge < -0.3 is 15.0 Å². The fraction of sp³-hybridized carbons (Fsp3) is 0.529. The number of nitrogens with zero attached hydrogens (tertiary/aromatic N) is 1. The molecule has 1 aliphatic heterocycles. The summed E-state index contributed by atoms with van der Waals surface area (Å²) in [6.45, 7) is 5.45. The Labute approximate surface area is 152 Å². The standard InChI is InChI=1S/C17H22Cl2N2O3/c1-11-6-12(2)8-21(7-11)16(23)10-24-9-15(22)20-14-5-3-4-13(18)17(14)19/h3-5,11-12H,6-10H2,1-2H3,(H,20,22)/t11-,12+. The maximum Gasteiger partial charge on any atom is 0.250 e. The number of likely N-dealkylation sites (tertiary alicyclic amines) is 1. The van der Waals surface area contributed by atoms with E-state index in [1.807, 2.05) is 4.90 Å². The summed E-state index contributed by atoms with van der Waals surface area (Å²) in [4.78, 5) is 25.8. The van der Waals surface area contributed by atoms with Crippen LogP contribution in [0.5, 0.6) is 0 Å². The van der Waals surface area contributed by atoms with Crippen molar-refractivity contribution in [2.24, 2.45) is 11.8 Å². The van der Waals surface area contributed by atoms with Crippen molar-refractivity contribution in [2.75, 3.05) is 31.6 Å². The molecular weight excluding hydrogens is 351 g/mol. The molecular formula is C17H22Cl2N2O3. The van der Waals surface area contributed by atoms with Gasteiger partial charge in [0, 0.05) is 13.1 Å². The Morgan fingerprint density at radius 2 is 1.88 bits per heavy atom. The van der Waals surface area contributed by atoms with Crippen molar-refractivity contribution in [3.05, 3.63) is 28.2 Å². The maximum atomic E-state index is 12.2. The van der Waals surface area contributed by atoms with Gasteiger partial charge in [0.15, 0.2) is 0 Å². The van der Waals surface area contributed by atoms with Crippen molar-refractivity contribution in [1.82, 2.24) is 4.90 Å². The quantitative estimate of drug-likeness (QED) is 0.860. The minimum absolute atomic E-state index is 0.0815. The molecule has 0 saturated carbocycles. The largest absolute Gasteiger partial charge is 0.362 e. The molecule has 1 heterocycles. The molecule has 1 aromatic carbocycles. The lowest BCUT2D eigenvalue weighted by Crippen LogP contribution is -2.44. The highest BCUT2D eigenvalue weighted by Crippen LogP contribution is 2.29. The van der Waals surface area contributed by atoms with Gasteiger partial charge in [-0.1, -0.05) is 43.1 Å². The number of carbonyl (C=O) groups excluding carboxylic acids is 2. The van der Waals surface area contributed by atoms with Crippen molar-refractivity contribution >= 4 is 40.7 Å². The second kappa shape index (κ2) is 8.70. The van der Waals surface area contributed by atoms with Gasteiger partial charge in [-0.2, -0.15) is 0 Å². The Morgan fingerprint density at radius 1 is 1.21 bits per heavy atom. The number of nitrogens with one attached hydrogen (secondary N) is 1. The van der Waals surface area contributed by atoms with E-state index in [0.29, 0.717) is 22.5 Å². The summed E-state index contributed by atoms with van der Waals surface area (Å²) in [5.41, 5.74) is 0.419. The van der Waals surface area contributed by atoms with Crippen LogP contribution in [0.15, 0.2) is 18.2 Å². The monoisotopic (exact) mass is 372 g/mol. The van der Waals surface area contributed by atoms with E-state index in [4.69, 9.17) is 27.9 Å². The summed E-state index contributed by atoms with van der Waals surface area (Å²) in [5.74, 6) is 0.520. The molecule has 1 aromatic rings. The van der Waals surface area contributed by atoms with Crippen LogP contribution in [0.2, 0.25) is 10.0 Å². The molecule has 7 heteroatoms. The number of ether oxygens (including phenoxy) is 1. The third-order valence-corrected chi connectivity index (χ3v) is 4.72. The van der Waals surface area contributed by atoms with Crippen molar-refractivity contribution in [1.29, 1.82) is 0 Å². The van der Waals surface area contributed by atoms with Gasteiger partial charge in [0.1, 0.15) is 13.2 Å². The van der Waals surface area contributed by atoms with Crippen molar-refractivity contribution in [3.63, 3.8) is 0 Å². The highest BCUT2D eigenvalue weighted by Gasteiger charge is 2.25. The predicted molar refractivity (Wildman–Crippen MR) is 95.4 cm³/mol. The van der Waals surface area contributed by atoms with Crippen LogP contribution in [-0.4, -0.2) is 43.0 Å². The van der Waals surface area contributed by atoms with E-state index in [2.05, 4.69) is 19.2 Å². The molecule has 1 fully saturated rings. The molecule has 0 unspecified atom stereocenters. The second-order valence-corrected chi connectivity index (χ2v) is 7.17. The summed E-state index contributed by atoms with van der Waals surface area (Å²) in [6.07, 6.45) is 1.13. The van der Waals surface area contributed by atoms with Crippen LogP contribution in [0.25, 0.3) is 0 Å². The zero-order chi connectivity index (χ0) is 17.7. The van der Waals surface area contributed by atoms with Crippen LogP contribution in [0.3, 0.4) is 0 Å². The minimum Gasteiger partial charge on any atom is -0.362 e. The van der Waals surface area contributed by atoms with E-state index in [9.17, 15) is 9.59 Å². The number of amides is 2. The van der Waals surface area contributed by atoms with Crippen molar-refractivity contribution in [3.8, 4) is 0 Å². The molecule has 24 heavy (non-hydrogen) atoms. The van der Waals surface area contributed by atoms with E-state index in [-0.39, 0.29) is 30.1 Å². The number of carbonyl (C=O) groups is 2. The van der Waals surface area contributed by atoms with Gasteiger partial charge in [-0.25, -0.2) is 0 Å². The molecule has 2 rings (SSSR count). The minimum atomic E-state index is -0.382. The lowest BCUT2D eigenvalue weighted by atomic mass is 9.92. The van der Waals surface area contributed by atoms with E-state index in [1.54, 1.807) is 18.2 Å². The summed E-state index contributed by atoms with van der Waals surface area (Å²) in [6, 6.07) is 4.97. The zero-order valence-corrected chi connectivity index (χ0v) is 15.4. The highest BCUT2D eigenvalue weighted by molar-refractivity contribution is 6.43. The number of halogens is 2. The molecule has 2 amide bonds. The number of piperidine rings is 1. The highest BCUT2D eigenvalue weighted by atomic mass is 35.5. The molecule has 132 valence electrons. The number of anilines is 1. The van der Waals surface area contributed by atoms with Crippen LogP contribution in [0.4, 0.5) is 5.69 Å². The fourth-order valence-electron chi connectivity index (χ4n) is 2.98. The van der Waals surface area contributed by atoms with Gasteiger partial charge in [0.2, 0.25) is 11.8 Å². The molecule has 0 radical (unpaired) electrons. The number of hydrogen-bond donors (Lipinski definition) is 1. The first kappa shape index (κ1) is 19.0. The predicted octanol–water partition coefficient (Wildman–Crippen LogP) is 3.45. The summed E-state index contributed by atoms with van der Waals surface area (Å²) >= 11 is 11.9. The molecule has 5 nitrogen and oxygen atoms in total. The number of hydrogen-bond acceptors (Lipinski definition) is 3. The molecule has 0 aromatic heterocycles. The molecule has 1 N–H and O–H groups in total. The van der Waals surface area contributed by atoms with Crippen LogP contribution in [-0.2, 0) is 14.3 Å². The Bertz CT molecular complexity index is 599. The van der Waals surface area contributed by atoms with Crippen LogP contribution in [0, 0.1) is 11.8 Å². The van der Waals surface area contributed by atoms with Gasteiger partial charge in [0.05, 0.1) is 15.7 Å². The Morgan fingerprint density at radius 3 is 2.54 bits per heavy atom. The Hall–Kier alpha value is -1.30. The lowest BCUT2D eigenvalue weighted by molar-refractivity contribution is -0.140. The molecule has 1 saturated heterocycles. The lowest BCUT2D eigenvalue weighted by Gasteiger charge is -2.34. The second-order valence-electron chi connectivity index (χ2n) is 6.39. The van der Waals surface area contributed by atoms with E-state index in [0.717, 1.165) is 19.5 Å². The topological polar surface area (TPSA) is 58.6 Å². The van der Waals surface area contributed by atoms with Gasteiger partial charge >= 0.3 is 0 Å². The molecule has 2 atom stereocenters. The third-order valence-electron chi connectivity index (χ3n) is 3.91. The normalized spacial score (nSPS) is 20.8. The van der Waals surface area contributed by atoms with Crippen LogP contribution in [0.1, 0.15) is 20.3 Å². The Kier molecular flexibility index (Phi) is 6.90. The van der Waals surface area contributed by atoms with Gasteiger partial charge in [-0.05, 0) is 30.4 Å². The van der Waals surface area contributed by atoms with Crippen LogP contribution >= 0.6 is 23.2 Å². The number of rotatable bonds is 5. The Balaban J connectivity index is 1.76. The van der Waals surface area contributed by atoms with Gasteiger partial charge in [-0.15, -0.1) is 0 Å². The zero-order valence-electron chi connectivity index (χ0n) is 13.9. The molecule has 0 bridgehead atoms. The summed E-state index contributed by atoms with van der Waals surface area (Å²) < 4.78 is 5.24. The molecule has 0 spiro atoms. The first-order valence-corrected chi connectivity index (χ1v) is 8.71. The fourth-order valence-corrected chi connectivity index (χ4v) is 3.32. The van der Waals surface area contributed by atoms with Gasteiger partial charge in [-0.3, -0.25) is 9.59 Å². The third kappa shape index (κ3) is 5.36. The molecule has 1 aliphatic rings. The number of benzene rings is 1. The van der Waals surface area contributed by atoms with Crippen LogP contribution < -0.4 is 5.32 Å². The average Bonchev–Trinajstić information content (AvgIpc) is 2.51. The smallest absolute Gasteiger partial charge is 0.250 e. The maximum absolute atomic E-state index is 12.2. The summed E-state index contributed by atoms with van der Waals surface area (Å²) in [7, 11) is 0. The average molecular weight is 373 g/mol. The first-order chi connectivity index (χ1) is 11.4. The van der Waals surface area contributed by atoms with E-state index < -0.39 is 0 Å². The van der Waals surface area contributed by atoms with E-state index in [1.165, 1.54) is 0 Å². The van der Waals surface area contributed by atoms with Gasteiger partial charge in [0.25, 0.3) is 0 Å². The van der Waals surface area contributed by atoms with E-state index >= 15 is 0 Å². The first-order valence-electron chi connectivity index (χ1n) is 7.96. The van der Waals surface area contributed by atoms with Crippen molar-refractivity contribution < 1.29 is 14.3 Å². The SMILES string of the molecule is C[C@@H]1C[C@H](C)CN(C(=O)COCC(=O)Nc2cccc(Cl)c2Cl)C1.